The Kier molecular flexibility index (Phi) is 4.01. The molecular formula is C19H19NO4. The van der Waals surface area contributed by atoms with Crippen molar-refractivity contribution in [1.82, 2.24) is 0 Å². The first-order chi connectivity index (χ1) is 11.4. The molecule has 0 aromatic heterocycles. The summed E-state index contributed by atoms with van der Waals surface area (Å²) in [5, 5.41) is 11.7. The van der Waals surface area contributed by atoms with Crippen molar-refractivity contribution in [2.45, 2.75) is 25.7 Å². The van der Waals surface area contributed by atoms with Crippen LogP contribution in [0.1, 0.15) is 46.5 Å². The molecule has 2 aromatic carbocycles. The predicted molar refractivity (Wildman–Crippen MR) is 90.9 cm³/mol. The van der Waals surface area contributed by atoms with Crippen LogP contribution in [0.15, 0.2) is 42.5 Å². The van der Waals surface area contributed by atoms with Crippen LogP contribution in [0.5, 0.6) is 5.75 Å². The predicted octanol–water partition coefficient (Wildman–Crippen LogP) is 3.70. The number of anilines is 1. The number of aromatic carboxylic acids is 1. The number of hydrogen-bond donors (Lipinski definition) is 2. The standard InChI is InChI=1S/C19H19NO4/c1-19(2)9-10-24-16-11-13(5-8-15(16)19)17(21)20-14-6-3-12(4-7-14)18(22)23/h3-8,11H,9-10H2,1-2H3,(H,20,21)(H,22,23). The molecule has 24 heavy (non-hydrogen) atoms. The van der Waals surface area contributed by atoms with Gasteiger partial charge in [0.2, 0.25) is 0 Å². The van der Waals surface area contributed by atoms with E-state index in [0.29, 0.717) is 17.9 Å². The number of nitrogens with one attached hydrogen (secondary N) is 1. The molecule has 1 heterocycles. The van der Waals surface area contributed by atoms with Gasteiger partial charge in [-0.1, -0.05) is 19.9 Å². The molecule has 2 aromatic rings. The maximum absolute atomic E-state index is 12.4. The number of carboxylic acids is 1. The maximum atomic E-state index is 12.4. The molecule has 0 unspecified atom stereocenters. The molecule has 0 aliphatic carbocycles. The lowest BCUT2D eigenvalue weighted by Crippen LogP contribution is -2.27. The van der Waals surface area contributed by atoms with E-state index >= 15 is 0 Å². The molecule has 1 aliphatic rings. The van der Waals surface area contributed by atoms with E-state index in [-0.39, 0.29) is 16.9 Å². The Morgan fingerprint density at radius 3 is 2.42 bits per heavy atom. The zero-order chi connectivity index (χ0) is 17.3. The number of benzene rings is 2. The minimum Gasteiger partial charge on any atom is -0.493 e. The van der Waals surface area contributed by atoms with Crippen LogP contribution < -0.4 is 10.1 Å². The monoisotopic (exact) mass is 325 g/mol. The van der Waals surface area contributed by atoms with Crippen molar-refractivity contribution < 1.29 is 19.4 Å². The summed E-state index contributed by atoms with van der Waals surface area (Å²) in [4.78, 5) is 23.2. The van der Waals surface area contributed by atoms with Crippen molar-refractivity contribution in [3.8, 4) is 5.75 Å². The summed E-state index contributed by atoms with van der Waals surface area (Å²) in [5.41, 5.74) is 2.38. The van der Waals surface area contributed by atoms with Crippen molar-refractivity contribution in [1.29, 1.82) is 0 Å². The van der Waals surface area contributed by atoms with Crippen LogP contribution in [0.25, 0.3) is 0 Å². The van der Waals surface area contributed by atoms with Crippen molar-refractivity contribution >= 4 is 17.6 Å². The largest absolute Gasteiger partial charge is 0.493 e. The van der Waals surface area contributed by atoms with Crippen LogP contribution in [0.4, 0.5) is 5.69 Å². The summed E-state index contributed by atoms with van der Waals surface area (Å²) in [6.45, 7) is 4.97. The fourth-order valence-electron chi connectivity index (χ4n) is 2.79. The van der Waals surface area contributed by atoms with Crippen LogP contribution in [0.3, 0.4) is 0 Å². The minimum atomic E-state index is -0.998. The second-order valence-corrected chi connectivity index (χ2v) is 6.53. The third-order valence-corrected chi connectivity index (χ3v) is 4.35. The quantitative estimate of drug-likeness (QED) is 0.902. The summed E-state index contributed by atoms with van der Waals surface area (Å²) in [5.74, 6) is -0.504. The van der Waals surface area contributed by atoms with Gasteiger partial charge >= 0.3 is 5.97 Å². The number of carbonyl (C=O) groups is 2. The number of hydrogen-bond acceptors (Lipinski definition) is 3. The highest BCUT2D eigenvalue weighted by molar-refractivity contribution is 6.04. The van der Waals surface area contributed by atoms with Gasteiger partial charge < -0.3 is 15.2 Å². The molecule has 0 spiro atoms. The second kappa shape index (κ2) is 6.00. The molecule has 0 radical (unpaired) electrons. The zero-order valence-electron chi connectivity index (χ0n) is 13.6. The SMILES string of the molecule is CC1(C)CCOc2cc(C(=O)Nc3ccc(C(=O)O)cc3)ccc21. The number of carboxylic acid groups (broad SMARTS) is 1. The molecule has 0 saturated carbocycles. The first kappa shape index (κ1) is 16.1. The molecule has 1 amide bonds. The van der Waals surface area contributed by atoms with Gasteiger partial charge in [-0.25, -0.2) is 4.79 Å². The third-order valence-electron chi connectivity index (χ3n) is 4.35. The molecule has 0 bridgehead atoms. The molecule has 3 rings (SSSR count). The number of fused-ring (bicyclic) bond motifs is 1. The van der Waals surface area contributed by atoms with Gasteiger partial charge in [-0.3, -0.25) is 4.79 Å². The van der Waals surface area contributed by atoms with E-state index in [1.807, 2.05) is 6.07 Å². The molecule has 0 fully saturated rings. The van der Waals surface area contributed by atoms with E-state index in [4.69, 9.17) is 9.84 Å². The fraction of sp³-hybridized carbons (Fsp3) is 0.263. The van der Waals surface area contributed by atoms with Crippen LogP contribution >= 0.6 is 0 Å². The van der Waals surface area contributed by atoms with Crippen LogP contribution in [-0.4, -0.2) is 23.6 Å². The molecule has 0 atom stereocenters. The Bertz CT molecular complexity index is 794. The zero-order valence-corrected chi connectivity index (χ0v) is 13.6. The Morgan fingerprint density at radius 1 is 1.08 bits per heavy atom. The van der Waals surface area contributed by atoms with E-state index in [1.165, 1.54) is 12.1 Å². The van der Waals surface area contributed by atoms with Crippen LogP contribution in [-0.2, 0) is 5.41 Å². The van der Waals surface area contributed by atoms with Crippen LogP contribution in [0, 0.1) is 0 Å². The molecule has 0 saturated heterocycles. The minimum absolute atomic E-state index is 0.0370. The fourth-order valence-corrected chi connectivity index (χ4v) is 2.79. The normalized spacial score (nSPS) is 15.1. The van der Waals surface area contributed by atoms with Gasteiger partial charge in [0, 0.05) is 11.3 Å². The highest BCUT2D eigenvalue weighted by atomic mass is 16.5. The lowest BCUT2D eigenvalue weighted by Gasteiger charge is -2.32. The highest BCUT2D eigenvalue weighted by Crippen LogP contribution is 2.38. The van der Waals surface area contributed by atoms with Gasteiger partial charge in [-0.15, -0.1) is 0 Å². The van der Waals surface area contributed by atoms with E-state index in [1.54, 1.807) is 24.3 Å². The molecule has 5 heteroatoms. The van der Waals surface area contributed by atoms with Gasteiger partial charge in [0.1, 0.15) is 5.75 Å². The molecule has 1 aliphatic heterocycles. The van der Waals surface area contributed by atoms with Gasteiger partial charge in [-0.05, 0) is 53.8 Å². The van der Waals surface area contributed by atoms with Gasteiger partial charge in [0.05, 0.1) is 12.2 Å². The number of ether oxygens (including phenoxy) is 1. The topological polar surface area (TPSA) is 75.6 Å². The Morgan fingerprint density at radius 2 is 1.75 bits per heavy atom. The summed E-state index contributed by atoms with van der Waals surface area (Å²) in [6.07, 6.45) is 0.946. The Labute approximate surface area is 140 Å². The lowest BCUT2D eigenvalue weighted by molar-refractivity contribution is 0.0696. The number of amides is 1. The lowest BCUT2D eigenvalue weighted by atomic mass is 9.79. The molecule has 5 nitrogen and oxygen atoms in total. The summed E-state index contributed by atoms with van der Waals surface area (Å²) >= 11 is 0. The molecule has 2 N–H and O–H groups in total. The highest BCUT2D eigenvalue weighted by Gasteiger charge is 2.29. The molecule has 124 valence electrons. The van der Waals surface area contributed by atoms with Crippen molar-refractivity contribution in [2.75, 3.05) is 11.9 Å². The van der Waals surface area contributed by atoms with E-state index in [2.05, 4.69) is 19.2 Å². The van der Waals surface area contributed by atoms with Crippen molar-refractivity contribution in [2.24, 2.45) is 0 Å². The summed E-state index contributed by atoms with van der Waals surface area (Å²) in [7, 11) is 0. The smallest absolute Gasteiger partial charge is 0.335 e. The van der Waals surface area contributed by atoms with Gasteiger partial charge in [-0.2, -0.15) is 0 Å². The molecular weight excluding hydrogens is 306 g/mol. The summed E-state index contributed by atoms with van der Waals surface area (Å²) < 4.78 is 5.70. The van der Waals surface area contributed by atoms with Gasteiger partial charge in [0.25, 0.3) is 5.91 Å². The second-order valence-electron chi connectivity index (χ2n) is 6.53. The van der Waals surface area contributed by atoms with Crippen LogP contribution in [0.2, 0.25) is 0 Å². The van der Waals surface area contributed by atoms with E-state index in [9.17, 15) is 9.59 Å². The van der Waals surface area contributed by atoms with E-state index < -0.39 is 5.97 Å². The average Bonchev–Trinajstić information content (AvgIpc) is 2.54. The van der Waals surface area contributed by atoms with Crippen molar-refractivity contribution in [3.63, 3.8) is 0 Å². The first-order valence-corrected chi connectivity index (χ1v) is 7.79. The Hall–Kier alpha value is -2.82. The Balaban J connectivity index is 1.79. The summed E-state index contributed by atoms with van der Waals surface area (Å²) in [6, 6.07) is 11.5. The average molecular weight is 325 g/mol. The third kappa shape index (κ3) is 3.11. The first-order valence-electron chi connectivity index (χ1n) is 7.79. The maximum Gasteiger partial charge on any atom is 0.335 e. The van der Waals surface area contributed by atoms with E-state index in [0.717, 1.165) is 17.7 Å². The van der Waals surface area contributed by atoms with Crippen molar-refractivity contribution in [3.05, 3.63) is 59.2 Å². The number of rotatable bonds is 3. The number of carbonyl (C=O) groups excluding carboxylic acids is 1. The van der Waals surface area contributed by atoms with Gasteiger partial charge in [0.15, 0.2) is 0 Å².